The SMILES string of the molecule is CC(C)(C)OC(=O)[C@@](C)(Cc1ccccc1)N=C(c1ccccc1)c1ccccc1. The van der Waals surface area contributed by atoms with E-state index in [9.17, 15) is 4.79 Å². The topological polar surface area (TPSA) is 38.7 Å². The molecule has 0 aromatic heterocycles. The van der Waals surface area contributed by atoms with Crippen molar-refractivity contribution in [1.29, 1.82) is 0 Å². The average Bonchev–Trinajstić information content (AvgIpc) is 2.73. The predicted molar refractivity (Wildman–Crippen MR) is 123 cm³/mol. The molecule has 0 N–H and O–H groups in total. The van der Waals surface area contributed by atoms with E-state index in [1.807, 2.05) is 119 Å². The van der Waals surface area contributed by atoms with Crippen LogP contribution in [0.1, 0.15) is 44.4 Å². The van der Waals surface area contributed by atoms with E-state index in [0.29, 0.717) is 6.42 Å². The molecule has 0 fully saturated rings. The lowest BCUT2D eigenvalue weighted by atomic mass is 9.91. The highest BCUT2D eigenvalue weighted by atomic mass is 16.6. The maximum atomic E-state index is 13.4. The first-order valence-corrected chi connectivity index (χ1v) is 10.2. The van der Waals surface area contributed by atoms with E-state index in [-0.39, 0.29) is 5.97 Å². The fourth-order valence-corrected chi connectivity index (χ4v) is 3.27. The van der Waals surface area contributed by atoms with Crippen molar-refractivity contribution in [2.75, 3.05) is 0 Å². The Kier molecular flexibility index (Phi) is 6.51. The van der Waals surface area contributed by atoms with Crippen LogP contribution in [0.2, 0.25) is 0 Å². The Hall–Kier alpha value is -3.20. The zero-order valence-corrected chi connectivity index (χ0v) is 18.1. The highest BCUT2D eigenvalue weighted by Gasteiger charge is 2.38. The number of carbonyl (C=O) groups is 1. The van der Waals surface area contributed by atoms with Crippen molar-refractivity contribution in [3.63, 3.8) is 0 Å². The first-order valence-electron chi connectivity index (χ1n) is 10.2. The Morgan fingerprint density at radius 1 is 0.733 bits per heavy atom. The largest absolute Gasteiger partial charge is 0.458 e. The normalized spacial score (nSPS) is 13.2. The monoisotopic (exact) mass is 399 g/mol. The van der Waals surface area contributed by atoms with Crippen molar-refractivity contribution in [2.45, 2.75) is 45.3 Å². The molecule has 0 saturated heterocycles. The summed E-state index contributed by atoms with van der Waals surface area (Å²) in [4.78, 5) is 18.4. The third-order valence-corrected chi connectivity index (χ3v) is 4.68. The van der Waals surface area contributed by atoms with Crippen LogP contribution in [0.15, 0.2) is 96.0 Å². The Morgan fingerprint density at radius 3 is 1.60 bits per heavy atom. The molecule has 0 aliphatic heterocycles. The molecule has 0 aliphatic rings. The molecule has 0 spiro atoms. The number of esters is 1. The van der Waals surface area contributed by atoms with Crippen molar-refractivity contribution >= 4 is 11.7 Å². The number of hydrogen-bond acceptors (Lipinski definition) is 3. The third kappa shape index (κ3) is 5.66. The summed E-state index contributed by atoms with van der Waals surface area (Å²) in [5.41, 5.74) is 2.08. The summed E-state index contributed by atoms with van der Waals surface area (Å²) >= 11 is 0. The van der Waals surface area contributed by atoms with Gasteiger partial charge in [0.1, 0.15) is 5.60 Å². The van der Waals surface area contributed by atoms with Gasteiger partial charge in [-0.25, -0.2) is 4.79 Å². The summed E-state index contributed by atoms with van der Waals surface area (Å²) in [6.45, 7) is 7.51. The highest BCUT2D eigenvalue weighted by Crippen LogP contribution is 2.25. The van der Waals surface area contributed by atoms with Crippen LogP contribution in [-0.2, 0) is 16.0 Å². The maximum absolute atomic E-state index is 13.4. The van der Waals surface area contributed by atoms with Crippen molar-refractivity contribution in [3.8, 4) is 0 Å². The minimum Gasteiger partial charge on any atom is -0.458 e. The smallest absolute Gasteiger partial charge is 0.334 e. The molecule has 3 aromatic carbocycles. The standard InChI is InChI=1S/C27H29NO2/c1-26(2,3)30-25(29)27(4,20-21-14-8-5-9-15-21)28-24(22-16-10-6-11-17-22)23-18-12-7-13-19-23/h5-19H,20H2,1-4H3/t27-/m1/s1. The number of hydrogen-bond donors (Lipinski definition) is 0. The van der Waals surface area contributed by atoms with E-state index < -0.39 is 11.1 Å². The van der Waals surface area contributed by atoms with Gasteiger partial charge in [0.15, 0.2) is 5.54 Å². The van der Waals surface area contributed by atoms with Crippen LogP contribution in [0.3, 0.4) is 0 Å². The molecule has 154 valence electrons. The highest BCUT2D eigenvalue weighted by molar-refractivity contribution is 6.13. The molecule has 0 heterocycles. The van der Waals surface area contributed by atoms with Gasteiger partial charge in [0.2, 0.25) is 0 Å². The van der Waals surface area contributed by atoms with Crippen molar-refractivity contribution in [2.24, 2.45) is 4.99 Å². The molecule has 1 atom stereocenters. The molecule has 3 heteroatoms. The molecule has 3 nitrogen and oxygen atoms in total. The van der Waals surface area contributed by atoms with E-state index in [4.69, 9.17) is 9.73 Å². The second-order valence-corrected chi connectivity index (χ2v) is 8.63. The number of carbonyl (C=O) groups excluding carboxylic acids is 1. The minimum absolute atomic E-state index is 0.330. The molecule has 0 bridgehead atoms. The van der Waals surface area contributed by atoms with Gasteiger partial charge >= 0.3 is 5.97 Å². The van der Waals surface area contributed by atoms with E-state index in [2.05, 4.69) is 0 Å². The second-order valence-electron chi connectivity index (χ2n) is 8.63. The van der Waals surface area contributed by atoms with Gasteiger partial charge in [-0.15, -0.1) is 0 Å². The van der Waals surface area contributed by atoms with Gasteiger partial charge < -0.3 is 4.74 Å². The van der Waals surface area contributed by atoms with Crippen LogP contribution in [0.5, 0.6) is 0 Å². The Morgan fingerprint density at radius 2 is 1.17 bits per heavy atom. The van der Waals surface area contributed by atoms with Gasteiger partial charge in [-0.05, 0) is 33.3 Å². The lowest BCUT2D eigenvalue weighted by molar-refractivity contribution is -0.160. The van der Waals surface area contributed by atoms with Gasteiger partial charge in [-0.1, -0.05) is 91.0 Å². The number of aliphatic imine (C=N–C) groups is 1. The van der Waals surface area contributed by atoms with Crippen LogP contribution >= 0.6 is 0 Å². The van der Waals surface area contributed by atoms with Gasteiger partial charge in [0.05, 0.1) is 5.71 Å². The van der Waals surface area contributed by atoms with Gasteiger partial charge in [0, 0.05) is 17.5 Å². The summed E-state index contributed by atoms with van der Waals surface area (Å²) in [6, 6.07) is 29.9. The van der Waals surface area contributed by atoms with Gasteiger partial charge in [-0.3, -0.25) is 4.99 Å². The Bertz CT molecular complexity index is 948. The molecule has 3 rings (SSSR count). The Labute approximate surface area is 179 Å². The number of nitrogens with zero attached hydrogens (tertiary/aromatic N) is 1. The molecule has 0 aliphatic carbocycles. The number of rotatable bonds is 6. The van der Waals surface area contributed by atoms with Crippen LogP contribution in [0.25, 0.3) is 0 Å². The minimum atomic E-state index is -1.07. The van der Waals surface area contributed by atoms with Gasteiger partial charge in [-0.2, -0.15) is 0 Å². The quantitative estimate of drug-likeness (QED) is 0.384. The summed E-state index contributed by atoms with van der Waals surface area (Å²) in [7, 11) is 0. The average molecular weight is 400 g/mol. The molecular formula is C27H29NO2. The van der Waals surface area contributed by atoms with Crippen LogP contribution in [-0.4, -0.2) is 22.8 Å². The van der Waals surface area contributed by atoms with Crippen LogP contribution < -0.4 is 0 Å². The first kappa shape index (κ1) is 21.5. The molecule has 0 amide bonds. The molecular weight excluding hydrogens is 370 g/mol. The molecule has 0 radical (unpaired) electrons. The van der Waals surface area contributed by atoms with Crippen molar-refractivity contribution in [1.82, 2.24) is 0 Å². The lowest BCUT2D eigenvalue weighted by Gasteiger charge is -2.30. The molecule has 0 saturated carbocycles. The maximum Gasteiger partial charge on any atom is 0.334 e. The summed E-state index contributed by atoms with van der Waals surface area (Å²) < 4.78 is 5.80. The summed E-state index contributed by atoms with van der Waals surface area (Å²) in [5.74, 6) is -0.330. The zero-order valence-electron chi connectivity index (χ0n) is 18.1. The lowest BCUT2D eigenvalue weighted by Crippen LogP contribution is -2.42. The fraction of sp³-hybridized carbons (Fsp3) is 0.259. The van der Waals surface area contributed by atoms with Crippen molar-refractivity contribution < 1.29 is 9.53 Å². The van der Waals surface area contributed by atoms with Crippen LogP contribution in [0.4, 0.5) is 0 Å². The predicted octanol–water partition coefficient (Wildman–Crippen LogP) is 5.87. The third-order valence-electron chi connectivity index (χ3n) is 4.68. The first-order chi connectivity index (χ1) is 14.3. The number of ether oxygens (including phenoxy) is 1. The van der Waals surface area contributed by atoms with E-state index in [0.717, 1.165) is 22.4 Å². The zero-order chi connectivity index (χ0) is 21.6. The van der Waals surface area contributed by atoms with Crippen LogP contribution in [0, 0.1) is 0 Å². The molecule has 0 unspecified atom stereocenters. The molecule has 30 heavy (non-hydrogen) atoms. The van der Waals surface area contributed by atoms with E-state index >= 15 is 0 Å². The number of benzene rings is 3. The van der Waals surface area contributed by atoms with E-state index in [1.54, 1.807) is 0 Å². The van der Waals surface area contributed by atoms with E-state index in [1.165, 1.54) is 0 Å². The van der Waals surface area contributed by atoms with Crippen molar-refractivity contribution in [3.05, 3.63) is 108 Å². The summed E-state index contributed by atoms with van der Waals surface area (Å²) in [6.07, 6.45) is 0.450. The second kappa shape index (κ2) is 9.08. The Balaban J connectivity index is 2.14. The van der Waals surface area contributed by atoms with Gasteiger partial charge in [0.25, 0.3) is 0 Å². The fourth-order valence-electron chi connectivity index (χ4n) is 3.27. The summed E-state index contributed by atoms with van der Waals surface area (Å²) in [5, 5.41) is 0. The molecule has 3 aromatic rings.